The van der Waals surface area contributed by atoms with E-state index in [1.54, 1.807) is 44.6 Å². The second kappa shape index (κ2) is 18.7. The van der Waals surface area contributed by atoms with E-state index in [-0.39, 0.29) is 13.3 Å². The third-order valence-electron chi connectivity index (χ3n) is 7.26. The lowest BCUT2D eigenvalue weighted by Crippen LogP contribution is -2.13. The molecule has 6 rings (SSSR count). The summed E-state index contributed by atoms with van der Waals surface area (Å²) in [5.74, 6) is 1.30. The number of carbonyl (C=O) groups excluding carboxylic acids is 2. The van der Waals surface area contributed by atoms with Crippen molar-refractivity contribution in [1.82, 2.24) is 9.97 Å². The zero-order chi connectivity index (χ0) is 35.5. The highest BCUT2D eigenvalue weighted by atomic mass is 35.5. The molecule has 2 aromatic heterocycles. The van der Waals surface area contributed by atoms with Gasteiger partial charge in [-0.2, -0.15) is 0 Å². The van der Waals surface area contributed by atoms with Crippen LogP contribution in [0.1, 0.15) is 50.4 Å². The summed E-state index contributed by atoms with van der Waals surface area (Å²) in [5, 5.41) is 7.56. The Morgan fingerprint density at radius 2 is 1.14 bits per heavy atom. The van der Waals surface area contributed by atoms with Crippen LogP contribution in [-0.4, -0.2) is 35.3 Å². The molecule has 2 heterocycles. The Bertz CT molecular complexity index is 2020. The average molecular weight is 729 g/mol. The first-order valence-electron chi connectivity index (χ1n) is 15.1. The summed E-state index contributed by atoms with van der Waals surface area (Å²) < 4.78 is 10.1. The Labute approximate surface area is 306 Å². The Kier molecular flexibility index (Phi) is 14.7. The zero-order valence-corrected chi connectivity index (χ0v) is 30.4. The number of benzene rings is 4. The molecule has 4 aromatic carbocycles. The molecule has 0 saturated carbocycles. The van der Waals surface area contributed by atoms with E-state index in [9.17, 15) is 9.59 Å². The third-order valence-corrected chi connectivity index (χ3v) is 8.90. The molecule has 0 unspecified atom stereocenters. The van der Waals surface area contributed by atoms with Gasteiger partial charge in [-0.1, -0.05) is 67.1 Å². The molecule has 0 spiro atoms. The number of nitrogens with zero attached hydrogens (tertiary/aromatic N) is 2. The normalized spacial score (nSPS) is 9.98. The van der Waals surface area contributed by atoms with Crippen molar-refractivity contribution in [1.29, 1.82) is 0 Å². The first-order chi connectivity index (χ1) is 23.5. The van der Waals surface area contributed by atoms with Gasteiger partial charge in [0, 0.05) is 33.0 Å². The number of amides is 1. The van der Waals surface area contributed by atoms with Crippen molar-refractivity contribution in [3.8, 4) is 34.0 Å². The van der Waals surface area contributed by atoms with Crippen LogP contribution < -0.4 is 20.5 Å². The number of nitrogen functional groups attached to an aromatic ring is 1. The molecule has 3 N–H and O–H groups in total. The summed E-state index contributed by atoms with van der Waals surface area (Å²) in [7, 11) is 3.19. The number of nitrogens with one attached hydrogen (secondary N) is 1. The van der Waals surface area contributed by atoms with E-state index in [2.05, 4.69) is 46.5 Å². The van der Waals surface area contributed by atoms with Crippen LogP contribution in [0.25, 0.3) is 22.5 Å². The van der Waals surface area contributed by atoms with Crippen molar-refractivity contribution in [3.63, 3.8) is 0 Å². The van der Waals surface area contributed by atoms with E-state index in [4.69, 9.17) is 26.8 Å². The number of methoxy groups -OCH3 is 2. The van der Waals surface area contributed by atoms with Gasteiger partial charge >= 0.3 is 0 Å². The molecular formula is C39H41ClN4O4S2. The van der Waals surface area contributed by atoms with Gasteiger partial charge in [-0.05, 0) is 86.8 Å². The minimum atomic E-state index is -0.435. The van der Waals surface area contributed by atoms with E-state index < -0.39 is 5.24 Å². The number of aromatic nitrogens is 2. The molecule has 0 aliphatic rings. The van der Waals surface area contributed by atoms with Crippen molar-refractivity contribution in [2.24, 2.45) is 0 Å². The van der Waals surface area contributed by atoms with Crippen molar-refractivity contribution in [2.45, 2.75) is 35.1 Å². The quantitative estimate of drug-likeness (QED) is 0.157. The molecule has 0 fully saturated rings. The minimum Gasteiger partial charge on any atom is -0.497 e. The fourth-order valence-electron chi connectivity index (χ4n) is 4.50. The standard InChI is InChI=1S/C19H18N2O2S.C10H10N2S.C9H9ClO2.CH4/c1-12-4-6-14(7-5-12)17-11-24-19(20-17)21-18(22)16-9-8-15(23-3)10-13(16)2;1-7-2-4-8(5-3-7)9-6-13-10(11)12-9;1-6-5-7(12-2)3-4-8(6)9(10)11;/h4-11H,1-3H3,(H,20,21,22);2-6H,1H3,(H2,11,12);3-5H,1-2H3;1H4. The molecule has 0 radical (unpaired) electrons. The number of hydrogen-bond acceptors (Lipinski definition) is 9. The van der Waals surface area contributed by atoms with E-state index >= 15 is 0 Å². The Balaban J connectivity index is 0.000000220. The van der Waals surface area contributed by atoms with Gasteiger partial charge in [0.05, 0.1) is 25.6 Å². The monoisotopic (exact) mass is 728 g/mol. The van der Waals surface area contributed by atoms with Crippen LogP contribution in [0.15, 0.2) is 95.7 Å². The maximum atomic E-state index is 12.4. The predicted octanol–water partition coefficient (Wildman–Crippen LogP) is 10.4. The second-order valence-electron chi connectivity index (χ2n) is 10.9. The number of aryl methyl sites for hydroxylation is 4. The van der Waals surface area contributed by atoms with Crippen LogP contribution in [0, 0.1) is 27.7 Å². The number of thiazole rings is 2. The number of nitrogens with two attached hydrogens (primary N) is 1. The maximum Gasteiger partial charge on any atom is 0.257 e. The Morgan fingerprint density at radius 3 is 1.56 bits per heavy atom. The van der Waals surface area contributed by atoms with Crippen molar-refractivity contribution < 1.29 is 19.1 Å². The van der Waals surface area contributed by atoms with Crippen LogP contribution in [0.5, 0.6) is 11.5 Å². The number of hydrogen-bond donors (Lipinski definition) is 2. The van der Waals surface area contributed by atoms with E-state index in [1.165, 1.54) is 33.8 Å². The molecule has 11 heteroatoms. The van der Waals surface area contributed by atoms with Gasteiger partial charge < -0.3 is 15.2 Å². The van der Waals surface area contributed by atoms with Crippen LogP contribution in [0.3, 0.4) is 0 Å². The van der Waals surface area contributed by atoms with E-state index in [1.807, 2.05) is 61.9 Å². The number of anilines is 2. The Morgan fingerprint density at radius 1 is 0.680 bits per heavy atom. The number of ether oxygens (including phenoxy) is 2. The first kappa shape index (κ1) is 39.4. The van der Waals surface area contributed by atoms with Crippen LogP contribution >= 0.6 is 34.3 Å². The summed E-state index contributed by atoms with van der Waals surface area (Å²) in [4.78, 5) is 31.9. The van der Waals surface area contributed by atoms with Crippen molar-refractivity contribution in [2.75, 3.05) is 25.3 Å². The van der Waals surface area contributed by atoms with Gasteiger partial charge in [0.2, 0.25) is 0 Å². The summed E-state index contributed by atoms with van der Waals surface area (Å²) in [6.07, 6.45) is 0. The third kappa shape index (κ3) is 11.0. The summed E-state index contributed by atoms with van der Waals surface area (Å²) in [6, 6.07) is 27.0. The highest BCUT2D eigenvalue weighted by Crippen LogP contribution is 2.27. The summed E-state index contributed by atoms with van der Waals surface area (Å²) >= 11 is 8.21. The largest absolute Gasteiger partial charge is 0.497 e. The molecule has 1 amide bonds. The molecule has 0 saturated heterocycles. The highest BCUT2D eigenvalue weighted by Gasteiger charge is 2.13. The van der Waals surface area contributed by atoms with Gasteiger partial charge in [-0.3, -0.25) is 14.9 Å². The number of halogens is 1. The molecule has 0 bridgehead atoms. The average Bonchev–Trinajstić information content (AvgIpc) is 3.74. The van der Waals surface area contributed by atoms with Crippen LogP contribution in [-0.2, 0) is 0 Å². The predicted molar refractivity (Wildman–Crippen MR) is 209 cm³/mol. The van der Waals surface area contributed by atoms with Gasteiger partial charge in [0.15, 0.2) is 10.3 Å². The maximum absolute atomic E-state index is 12.4. The lowest BCUT2D eigenvalue weighted by Gasteiger charge is -2.07. The summed E-state index contributed by atoms with van der Waals surface area (Å²) in [6.45, 7) is 7.82. The highest BCUT2D eigenvalue weighted by molar-refractivity contribution is 7.14. The van der Waals surface area contributed by atoms with Gasteiger partial charge in [-0.15, -0.1) is 22.7 Å². The molecule has 0 aliphatic carbocycles. The van der Waals surface area contributed by atoms with E-state index in [0.29, 0.717) is 21.4 Å². The number of carbonyl (C=O) groups is 2. The van der Waals surface area contributed by atoms with Gasteiger partial charge in [0.1, 0.15) is 11.5 Å². The van der Waals surface area contributed by atoms with Crippen LogP contribution in [0.4, 0.5) is 10.3 Å². The SMILES string of the molecule is C.COc1ccc(C(=O)Cl)c(C)c1.COc1ccc(C(=O)Nc2nc(-c3ccc(C)cc3)cs2)c(C)c1.Cc1ccc(-c2csc(N)n2)cc1. The zero-order valence-electron chi connectivity index (χ0n) is 28.0. The van der Waals surface area contributed by atoms with E-state index in [0.717, 1.165) is 45.1 Å². The molecule has 50 heavy (non-hydrogen) atoms. The number of rotatable bonds is 7. The topological polar surface area (TPSA) is 116 Å². The molecule has 0 aliphatic heterocycles. The van der Waals surface area contributed by atoms with Gasteiger partial charge in [-0.25, -0.2) is 9.97 Å². The summed E-state index contributed by atoms with van der Waals surface area (Å²) in [5.41, 5.74) is 14.8. The lowest BCUT2D eigenvalue weighted by molar-refractivity contribution is 0.102. The molecule has 6 aromatic rings. The molecule has 8 nitrogen and oxygen atoms in total. The first-order valence-corrected chi connectivity index (χ1v) is 17.2. The minimum absolute atomic E-state index is 0. The fraction of sp³-hybridized carbons (Fsp3) is 0.179. The molecular weight excluding hydrogens is 688 g/mol. The van der Waals surface area contributed by atoms with Gasteiger partial charge in [0.25, 0.3) is 11.1 Å². The Hall–Kier alpha value is -5.03. The lowest BCUT2D eigenvalue weighted by atomic mass is 10.1. The smallest absolute Gasteiger partial charge is 0.257 e. The van der Waals surface area contributed by atoms with Crippen molar-refractivity contribution in [3.05, 3.63) is 129 Å². The van der Waals surface area contributed by atoms with Crippen LogP contribution in [0.2, 0.25) is 0 Å². The fourth-order valence-corrected chi connectivity index (χ4v) is 6.00. The van der Waals surface area contributed by atoms with Crippen molar-refractivity contribution >= 4 is 55.7 Å². The second-order valence-corrected chi connectivity index (χ2v) is 13.0. The molecule has 0 atom stereocenters. The molecule has 260 valence electrons.